The lowest BCUT2D eigenvalue weighted by Crippen LogP contribution is -2.47. The van der Waals surface area contributed by atoms with Crippen LogP contribution in [0.5, 0.6) is 0 Å². The maximum atomic E-state index is 9.86. The van der Waals surface area contributed by atoms with Crippen molar-refractivity contribution in [3.63, 3.8) is 0 Å². The van der Waals surface area contributed by atoms with Crippen LogP contribution in [0.2, 0.25) is 25.7 Å². The summed E-state index contributed by atoms with van der Waals surface area (Å²) in [5.74, 6) is 0. The summed E-state index contributed by atoms with van der Waals surface area (Å²) < 4.78 is 5.75. The first-order chi connectivity index (χ1) is 7.69. The highest BCUT2D eigenvalue weighted by Gasteiger charge is 2.36. The summed E-state index contributed by atoms with van der Waals surface area (Å²) in [7, 11) is -3.19. The minimum Gasteiger partial charge on any atom is -0.402 e. The lowest BCUT2D eigenvalue weighted by Gasteiger charge is -2.37. The standard InChI is InChI=1S/C11H26O2Si.BH3O3/c1-10(2,12)11(3,4)13-8-9-14(5,6)7;2-1(3)4/h12H,8-9H2,1-7H3;2-4H. The first-order valence-corrected chi connectivity index (χ1v) is 9.80. The van der Waals surface area contributed by atoms with Crippen molar-refractivity contribution in [2.24, 2.45) is 0 Å². The van der Waals surface area contributed by atoms with Crippen LogP contribution in [0.1, 0.15) is 27.7 Å². The second-order valence-corrected chi connectivity index (χ2v) is 12.2. The van der Waals surface area contributed by atoms with Gasteiger partial charge in [0.25, 0.3) is 0 Å². The summed E-state index contributed by atoms with van der Waals surface area (Å²) >= 11 is 0. The van der Waals surface area contributed by atoms with Crippen molar-refractivity contribution < 1.29 is 24.9 Å². The molecule has 0 radical (unpaired) electrons. The van der Waals surface area contributed by atoms with Crippen LogP contribution in [0, 0.1) is 0 Å². The summed E-state index contributed by atoms with van der Waals surface area (Å²) in [5, 5.41) is 31.4. The van der Waals surface area contributed by atoms with E-state index in [9.17, 15) is 5.11 Å². The normalized spacial score (nSPS) is 12.8. The van der Waals surface area contributed by atoms with Gasteiger partial charge in [0.2, 0.25) is 0 Å². The topological polar surface area (TPSA) is 90.2 Å². The van der Waals surface area contributed by atoms with Gasteiger partial charge in [-0.1, -0.05) is 19.6 Å². The van der Waals surface area contributed by atoms with Crippen LogP contribution in [0.4, 0.5) is 0 Å². The van der Waals surface area contributed by atoms with Crippen molar-refractivity contribution in [2.75, 3.05) is 6.61 Å². The molecule has 0 bridgehead atoms. The molecular formula is C11H29BO5Si. The van der Waals surface area contributed by atoms with Gasteiger partial charge in [0.1, 0.15) is 0 Å². The van der Waals surface area contributed by atoms with E-state index in [2.05, 4.69) is 19.6 Å². The Morgan fingerprint density at radius 3 is 1.56 bits per heavy atom. The Hall–Kier alpha value is 0.0818. The summed E-state index contributed by atoms with van der Waals surface area (Å²) in [4.78, 5) is 0. The fourth-order valence-corrected chi connectivity index (χ4v) is 1.50. The molecule has 0 saturated carbocycles. The van der Waals surface area contributed by atoms with Crippen LogP contribution in [0.25, 0.3) is 0 Å². The molecule has 0 unspecified atom stereocenters. The average Bonchev–Trinajstić information content (AvgIpc) is 1.96. The van der Waals surface area contributed by atoms with Gasteiger partial charge in [0.05, 0.1) is 11.2 Å². The van der Waals surface area contributed by atoms with E-state index in [1.807, 2.05) is 13.8 Å². The van der Waals surface area contributed by atoms with E-state index in [-0.39, 0.29) is 0 Å². The Bertz CT molecular complexity index is 218. The Labute approximate surface area is 112 Å². The van der Waals surface area contributed by atoms with Crippen LogP contribution in [0.3, 0.4) is 0 Å². The van der Waals surface area contributed by atoms with Crippen LogP contribution < -0.4 is 0 Å². The second kappa shape index (κ2) is 7.62. The maximum absolute atomic E-state index is 9.86. The molecule has 0 saturated heterocycles. The monoisotopic (exact) mass is 280 g/mol. The molecule has 0 aromatic heterocycles. The molecule has 0 fully saturated rings. The van der Waals surface area contributed by atoms with Gasteiger partial charge in [0, 0.05) is 14.7 Å². The smallest absolute Gasteiger partial charge is 0.402 e. The van der Waals surface area contributed by atoms with Gasteiger partial charge >= 0.3 is 7.32 Å². The highest BCUT2D eigenvalue weighted by atomic mass is 28.3. The van der Waals surface area contributed by atoms with Gasteiger partial charge in [0.15, 0.2) is 0 Å². The zero-order valence-electron chi connectivity index (χ0n) is 12.7. The molecule has 4 N–H and O–H groups in total. The zero-order valence-corrected chi connectivity index (χ0v) is 13.7. The van der Waals surface area contributed by atoms with Crippen LogP contribution >= 0.6 is 0 Å². The van der Waals surface area contributed by atoms with Crippen molar-refractivity contribution in [3.8, 4) is 0 Å². The summed E-state index contributed by atoms with van der Waals surface area (Å²) in [6.45, 7) is 15.2. The SMILES string of the molecule is CC(C)(O)C(C)(C)OCC[Si](C)(C)C.OB(O)O. The van der Waals surface area contributed by atoms with Crippen molar-refractivity contribution in [3.05, 3.63) is 0 Å². The summed E-state index contributed by atoms with van der Waals surface area (Å²) in [6.07, 6.45) is 0. The summed E-state index contributed by atoms with van der Waals surface area (Å²) in [6, 6.07) is 1.15. The molecule has 110 valence electrons. The predicted molar refractivity (Wildman–Crippen MR) is 76.9 cm³/mol. The average molecular weight is 280 g/mol. The second-order valence-electron chi connectivity index (χ2n) is 6.57. The van der Waals surface area contributed by atoms with Gasteiger partial charge in [-0.15, -0.1) is 0 Å². The Kier molecular flexibility index (Phi) is 8.63. The van der Waals surface area contributed by atoms with E-state index in [0.29, 0.717) is 0 Å². The number of aliphatic hydroxyl groups is 1. The molecule has 0 aromatic carbocycles. The van der Waals surface area contributed by atoms with E-state index < -0.39 is 26.6 Å². The number of ether oxygens (including phenoxy) is 1. The zero-order chi connectivity index (χ0) is 15.2. The van der Waals surface area contributed by atoms with Crippen LogP contribution in [-0.4, -0.2) is 53.4 Å². The molecule has 0 aliphatic rings. The lowest BCUT2D eigenvalue weighted by atomic mass is 9.89. The Morgan fingerprint density at radius 1 is 1.00 bits per heavy atom. The van der Waals surface area contributed by atoms with Crippen molar-refractivity contribution in [2.45, 2.75) is 64.6 Å². The third kappa shape index (κ3) is 12.5. The molecule has 0 amide bonds. The van der Waals surface area contributed by atoms with Gasteiger partial charge in [-0.25, -0.2) is 0 Å². The van der Waals surface area contributed by atoms with E-state index >= 15 is 0 Å². The van der Waals surface area contributed by atoms with E-state index in [1.54, 1.807) is 13.8 Å². The highest BCUT2D eigenvalue weighted by Crippen LogP contribution is 2.25. The third-order valence-corrected chi connectivity index (χ3v) is 4.49. The molecule has 0 heterocycles. The van der Waals surface area contributed by atoms with Crippen molar-refractivity contribution in [1.82, 2.24) is 0 Å². The number of hydrogen-bond acceptors (Lipinski definition) is 5. The highest BCUT2D eigenvalue weighted by molar-refractivity contribution is 6.76. The van der Waals surface area contributed by atoms with Crippen molar-refractivity contribution in [1.29, 1.82) is 0 Å². The van der Waals surface area contributed by atoms with E-state index in [1.165, 1.54) is 0 Å². The van der Waals surface area contributed by atoms with Gasteiger partial charge in [-0.05, 0) is 33.7 Å². The Morgan fingerprint density at radius 2 is 1.33 bits per heavy atom. The molecule has 0 aliphatic heterocycles. The molecule has 0 atom stereocenters. The van der Waals surface area contributed by atoms with Crippen LogP contribution in [0.15, 0.2) is 0 Å². The molecule has 18 heavy (non-hydrogen) atoms. The fraction of sp³-hybridized carbons (Fsp3) is 1.00. The maximum Gasteiger partial charge on any atom is 0.631 e. The number of rotatable bonds is 5. The minimum atomic E-state index is -2.17. The van der Waals surface area contributed by atoms with Gasteiger partial charge < -0.3 is 24.9 Å². The first-order valence-electron chi connectivity index (χ1n) is 6.09. The quantitative estimate of drug-likeness (QED) is 0.560. The van der Waals surface area contributed by atoms with E-state index in [4.69, 9.17) is 19.8 Å². The molecule has 0 rings (SSSR count). The first kappa shape index (κ1) is 20.4. The molecule has 5 nitrogen and oxygen atoms in total. The molecule has 7 heteroatoms. The summed E-state index contributed by atoms with van der Waals surface area (Å²) in [5.41, 5.74) is -1.25. The number of hydrogen-bond donors (Lipinski definition) is 4. The molecule has 0 aromatic rings. The fourth-order valence-electron chi connectivity index (χ4n) is 0.789. The Balaban J connectivity index is 0. The largest absolute Gasteiger partial charge is 0.631 e. The van der Waals surface area contributed by atoms with Crippen LogP contribution in [-0.2, 0) is 4.74 Å². The predicted octanol–water partition coefficient (Wildman–Crippen LogP) is 0.839. The van der Waals surface area contributed by atoms with Gasteiger partial charge in [-0.2, -0.15) is 0 Å². The third-order valence-electron chi connectivity index (χ3n) is 2.79. The molecule has 0 aliphatic carbocycles. The molecular weight excluding hydrogens is 251 g/mol. The minimum absolute atomic E-state index is 0.466. The van der Waals surface area contributed by atoms with Gasteiger partial charge in [-0.3, -0.25) is 0 Å². The van der Waals surface area contributed by atoms with E-state index in [0.717, 1.165) is 12.7 Å². The van der Waals surface area contributed by atoms with Crippen molar-refractivity contribution >= 4 is 15.4 Å². The lowest BCUT2D eigenvalue weighted by molar-refractivity contribution is -0.144. The molecule has 0 spiro atoms.